The first-order valence-electron chi connectivity index (χ1n) is 7.30. The molecule has 0 spiro atoms. The van der Waals surface area contributed by atoms with E-state index in [1.165, 1.54) is 18.2 Å². The van der Waals surface area contributed by atoms with Gasteiger partial charge in [-0.25, -0.2) is 4.79 Å². The second-order valence-electron chi connectivity index (χ2n) is 6.11. The maximum Gasteiger partial charge on any atom is 0.337 e. The van der Waals surface area contributed by atoms with Crippen LogP contribution in [0.1, 0.15) is 36.5 Å². The Balaban J connectivity index is 1.98. The van der Waals surface area contributed by atoms with Gasteiger partial charge in [0.15, 0.2) is 0 Å². The molecule has 3 rings (SSSR count). The molecule has 0 aromatic heterocycles. The van der Waals surface area contributed by atoms with Crippen LogP contribution >= 0.6 is 11.6 Å². The number of carbonyl (C=O) groups is 3. The average Bonchev–Trinajstić information content (AvgIpc) is 2.71. The van der Waals surface area contributed by atoms with Crippen LogP contribution in [0.4, 0.5) is 5.69 Å². The van der Waals surface area contributed by atoms with Gasteiger partial charge in [-0.1, -0.05) is 18.5 Å². The fourth-order valence-corrected chi connectivity index (χ4v) is 3.66. The van der Waals surface area contributed by atoms with Crippen molar-refractivity contribution >= 4 is 35.1 Å². The van der Waals surface area contributed by atoms with Gasteiger partial charge in [-0.2, -0.15) is 0 Å². The first-order valence-corrected chi connectivity index (χ1v) is 7.68. The average molecular weight is 322 g/mol. The minimum Gasteiger partial charge on any atom is -0.478 e. The first kappa shape index (κ1) is 15.0. The van der Waals surface area contributed by atoms with E-state index in [4.69, 9.17) is 16.7 Å². The van der Waals surface area contributed by atoms with Crippen molar-refractivity contribution in [3.8, 4) is 0 Å². The number of hydrogen-bond donors (Lipinski definition) is 1. The molecule has 0 radical (unpaired) electrons. The number of carbonyl (C=O) groups excluding carboxylic acids is 2. The van der Waals surface area contributed by atoms with Crippen LogP contribution in [-0.4, -0.2) is 22.9 Å². The van der Waals surface area contributed by atoms with Gasteiger partial charge in [0, 0.05) is 0 Å². The number of fused-ring (bicyclic) bond motifs is 1. The van der Waals surface area contributed by atoms with Gasteiger partial charge in [0.25, 0.3) is 0 Å². The Labute approximate surface area is 132 Å². The highest BCUT2D eigenvalue weighted by Crippen LogP contribution is 2.42. The topological polar surface area (TPSA) is 74.7 Å². The van der Waals surface area contributed by atoms with Crippen molar-refractivity contribution in [1.82, 2.24) is 0 Å². The number of amides is 2. The zero-order valence-corrected chi connectivity index (χ0v) is 12.8. The number of nitrogens with zero attached hydrogens (tertiary/aromatic N) is 1. The number of imide groups is 1. The molecule has 1 saturated carbocycles. The maximum atomic E-state index is 12.6. The predicted molar refractivity (Wildman–Crippen MR) is 80.9 cm³/mol. The molecule has 3 atom stereocenters. The molecule has 2 fully saturated rings. The number of anilines is 1. The third-order valence-corrected chi connectivity index (χ3v) is 4.96. The van der Waals surface area contributed by atoms with Crippen LogP contribution < -0.4 is 4.90 Å². The molecule has 1 N–H and O–H groups in total. The second-order valence-corrected chi connectivity index (χ2v) is 6.52. The molecule has 1 aliphatic heterocycles. The Morgan fingerprint density at radius 2 is 1.91 bits per heavy atom. The summed E-state index contributed by atoms with van der Waals surface area (Å²) < 4.78 is 0. The van der Waals surface area contributed by atoms with E-state index >= 15 is 0 Å². The van der Waals surface area contributed by atoms with E-state index in [-0.39, 0.29) is 34.2 Å². The fraction of sp³-hybridized carbons (Fsp3) is 0.438. The van der Waals surface area contributed by atoms with Gasteiger partial charge in [0.1, 0.15) is 0 Å². The molecule has 1 saturated heterocycles. The number of carboxylic acids is 1. The van der Waals surface area contributed by atoms with E-state index in [9.17, 15) is 14.4 Å². The zero-order chi connectivity index (χ0) is 16.0. The van der Waals surface area contributed by atoms with E-state index in [1.54, 1.807) is 0 Å². The van der Waals surface area contributed by atoms with Crippen molar-refractivity contribution in [2.75, 3.05) is 4.90 Å². The molecular formula is C16H16ClNO4. The number of benzene rings is 1. The summed E-state index contributed by atoms with van der Waals surface area (Å²) in [5.74, 6) is -1.75. The van der Waals surface area contributed by atoms with Gasteiger partial charge in [-0.05, 0) is 43.4 Å². The Bertz CT molecular complexity index is 672. The quantitative estimate of drug-likeness (QED) is 0.850. The molecule has 1 aromatic carbocycles. The molecule has 2 aliphatic rings. The lowest BCUT2D eigenvalue weighted by molar-refractivity contribution is -0.122. The second kappa shape index (κ2) is 5.39. The lowest BCUT2D eigenvalue weighted by Gasteiger charge is -2.25. The van der Waals surface area contributed by atoms with Crippen molar-refractivity contribution in [3.05, 3.63) is 28.8 Å². The van der Waals surface area contributed by atoms with Crippen LogP contribution in [0.3, 0.4) is 0 Å². The molecule has 116 valence electrons. The van der Waals surface area contributed by atoms with Crippen LogP contribution in [0.25, 0.3) is 0 Å². The van der Waals surface area contributed by atoms with Crippen molar-refractivity contribution < 1.29 is 19.5 Å². The van der Waals surface area contributed by atoms with E-state index < -0.39 is 5.97 Å². The minimum atomic E-state index is -1.18. The van der Waals surface area contributed by atoms with Gasteiger partial charge in [-0.15, -0.1) is 0 Å². The standard InChI is InChI=1S/C16H16ClNO4/c1-8-2-4-10-11(6-8)15(20)18(14(10)19)9-3-5-13(17)12(7-9)16(21)22/h3,5,7-8,10-11H,2,4,6H2,1H3,(H,21,22)/t8-,10+,11-/m1/s1. The summed E-state index contributed by atoms with van der Waals surface area (Å²) >= 11 is 5.84. The van der Waals surface area contributed by atoms with Crippen molar-refractivity contribution in [3.63, 3.8) is 0 Å². The van der Waals surface area contributed by atoms with Gasteiger partial charge in [0.2, 0.25) is 11.8 Å². The number of halogens is 1. The van der Waals surface area contributed by atoms with E-state index in [0.29, 0.717) is 24.4 Å². The lowest BCUT2D eigenvalue weighted by Crippen LogP contribution is -2.31. The van der Waals surface area contributed by atoms with Crippen LogP contribution in [0.2, 0.25) is 5.02 Å². The Morgan fingerprint density at radius 3 is 2.59 bits per heavy atom. The van der Waals surface area contributed by atoms with Gasteiger partial charge in [-0.3, -0.25) is 14.5 Å². The molecule has 22 heavy (non-hydrogen) atoms. The number of rotatable bonds is 2. The van der Waals surface area contributed by atoms with Gasteiger partial charge < -0.3 is 5.11 Å². The summed E-state index contributed by atoms with van der Waals surface area (Å²) in [7, 11) is 0. The van der Waals surface area contributed by atoms with Gasteiger partial charge >= 0.3 is 5.97 Å². The Morgan fingerprint density at radius 1 is 1.23 bits per heavy atom. The summed E-state index contributed by atoms with van der Waals surface area (Å²) in [6.07, 6.45) is 2.37. The van der Waals surface area contributed by atoms with Crippen LogP contribution in [0.5, 0.6) is 0 Å². The first-order chi connectivity index (χ1) is 10.4. The molecule has 1 aliphatic carbocycles. The summed E-state index contributed by atoms with van der Waals surface area (Å²) in [6.45, 7) is 2.08. The van der Waals surface area contributed by atoms with E-state index in [0.717, 1.165) is 11.3 Å². The summed E-state index contributed by atoms with van der Waals surface area (Å²) in [4.78, 5) is 37.4. The monoisotopic (exact) mass is 321 g/mol. The third kappa shape index (κ3) is 2.29. The van der Waals surface area contributed by atoms with Crippen LogP contribution in [0, 0.1) is 17.8 Å². The molecule has 0 bridgehead atoms. The summed E-state index contributed by atoms with van der Waals surface area (Å²) in [6, 6.07) is 4.22. The SMILES string of the molecule is C[C@@H]1CC[C@@H]2C(=O)N(c3ccc(Cl)c(C(=O)O)c3)C(=O)[C@@H]2C1. The highest BCUT2D eigenvalue weighted by atomic mass is 35.5. The fourth-order valence-electron chi connectivity index (χ4n) is 3.46. The van der Waals surface area contributed by atoms with E-state index in [2.05, 4.69) is 6.92 Å². The van der Waals surface area contributed by atoms with Crippen molar-refractivity contribution in [2.45, 2.75) is 26.2 Å². The third-order valence-electron chi connectivity index (χ3n) is 4.63. The molecule has 2 amide bonds. The smallest absolute Gasteiger partial charge is 0.337 e. The highest BCUT2D eigenvalue weighted by molar-refractivity contribution is 6.34. The molecular weight excluding hydrogens is 306 g/mol. The predicted octanol–water partition coefficient (Wildman–Crippen LogP) is 2.96. The number of aromatic carboxylic acids is 1. The van der Waals surface area contributed by atoms with Gasteiger partial charge in [0.05, 0.1) is 28.1 Å². The molecule has 5 nitrogen and oxygen atoms in total. The summed E-state index contributed by atoms with van der Waals surface area (Å²) in [5.41, 5.74) is 0.182. The Hall–Kier alpha value is -1.88. The molecule has 6 heteroatoms. The largest absolute Gasteiger partial charge is 0.478 e. The zero-order valence-electron chi connectivity index (χ0n) is 12.1. The van der Waals surface area contributed by atoms with Crippen LogP contribution in [0.15, 0.2) is 18.2 Å². The lowest BCUT2D eigenvalue weighted by atomic mass is 9.76. The summed E-state index contributed by atoms with van der Waals surface area (Å²) in [5, 5.41) is 9.22. The maximum absolute atomic E-state index is 12.6. The van der Waals surface area contributed by atoms with Crippen molar-refractivity contribution in [2.24, 2.45) is 17.8 Å². The number of hydrogen-bond acceptors (Lipinski definition) is 3. The molecule has 0 unspecified atom stereocenters. The van der Waals surface area contributed by atoms with Crippen LogP contribution in [-0.2, 0) is 9.59 Å². The number of carboxylic acid groups (broad SMARTS) is 1. The van der Waals surface area contributed by atoms with E-state index in [1.807, 2.05) is 0 Å². The minimum absolute atomic E-state index is 0.0846. The highest BCUT2D eigenvalue weighted by Gasteiger charge is 2.50. The van der Waals surface area contributed by atoms with Crippen molar-refractivity contribution in [1.29, 1.82) is 0 Å². The molecule has 1 heterocycles. The normalized spacial score (nSPS) is 27.9. The molecule has 1 aromatic rings. The Kier molecular flexibility index (Phi) is 3.68.